The summed E-state index contributed by atoms with van der Waals surface area (Å²) in [6.45, 7) is 2.05. The van der Waals surface area contributed by atoms with E-state index in [1.54, 1.807) is 24.3 Å². The fraction of sp³-hybridized carbons (Fsp3) is 0.529. The molecule has 2 amide bonds. The van der Waals surface area contributed by atoms with Gasteiger partial charge >= 0.3 is 6.18 Å². The lowest BCUT2D eigenvalue weighted by Crippen LogP contribution is -2.60. The number of halogens is 3. The number of rotatable bonds is 4. The predicted molar refractivity (Wildman–Crippen MR) is 84.2 cm³/mol. The van der Waals surface area contributed by atoms with Gasteiger partial charge in [0.25, 0.3) is 5.91 Å². The lowest BCUT2D eigenvalue weighted by molar-refractivity contribution is -0.199. The number of anilines is 1. The maximum atomic E-state index is 13.4. The second-order valence-corrected chi connectivity index (χ2v) is 6.67. The summed E-state index contributed by atoms with van der Waals surface area (Å²) >= 11 is 0. The highest BCUT2D eigenvalue weighted by atomic mass is 19.4. The summed E-state index contributed by atoms with van der Waals surface area (Å²) < 4.78 is 45.6. The number of amides is 2. The predicted octanol–water partition coefficient (Wildman–Crippen LogP) is 2.65. The molecule has 0 radical (unpaired) electrons. The van der Waals surface area contributed by atoms with Crippen LogP contribution in [0.2, 0.25) is 0 Å². The van der Waals surface area contributed by atoms with E-state index in [4.69, 9.17) is 4.74 Å². The Labute approximate surface area is 143 Å². The first-order chi connectivity index (χ1) is 11.6. The summed E-state index contributed by atoms with van der Waals surface area (Å²) in [7, 11) is 0. The maximum Gasteiger partial charge on any atom is 0.411 e. The van der Waals surface area contributed by atoms with Crippen molar-refractivity contribution >= 4 is 17.5 Å². The Bertz CT molecular complexity index is 703. The topological polar surface area (TPSA) is 58.6 Å². The van der Waals surface area contributed by atoms with E-state index in [0.29, 0.717) is 24.3 Å². The molecule has 0 aromatic heterocycles. The van der Waals surface area contributed by atoms with E-state index < -0.39 is 42.1 Å². The van der Waals surface area contributed by atoms with Gasteiger partial charge in [-0.25, -0.2) is 0 Å². The summed E-state index contributed by atoms with van der Waals surface area (Å²) in [4.78, 5) is 25.8. The van der Waals surface area contributed by atoms with Crippen molar-refractivity contribution < 1.29 is 27.5 Å². The number of ether oxygens (including phenoxy) is 1. The molecule has 8 heteroatoms. The highest BCUT2D eigenvalue weighted by molar-refractivity contribution is 6.03. The number of carbonyl (C=O) groups is 2. The van der Waals surface area contributed by atoms with Crippen molar-refractivity contribution in [3.63, 3.8) is 0 Å². The quantitative estimate of drug-likeness (QED) is 0.902. The van der Waals surface area contributed by atoms with E-state index in [0.717, 1.165) is 6.92 Å². The molecule has 0 spiro atoms. The zero-order valence-corrected chi connectivity index (χ0v) is 13.9. The molecule has 1 heterocycles. The normalized spacial score (nSPS) is 22.7. The average Bonchev–Trinajstić information content (AvgIpc) is 3.35. The van der Waals surface area contributed by atoms with Gasteiger partial charge in [-0.3, -0.25) is 14.5 Å². The SMILES string of the molecule is CC1Oc2ccccc2N(CC(=O)NC(C)(C2CC2)C(F)(F)F)C1=O. The molecule has 0 saturated heterocycles. The van der Waals surface area contributed by atoms with Crippen molar-refractivity contribution in [1.29, 1.82) is 0 Å². The largest absolute Gasteiger partial charge is 0.479 e. The van der Waals surface area contributed by atoms with Gasteiger partial charge in [-0.1, -0.05) is 12.1 Å². The molecule has 2 aliphatic rings. The highest BCUT2D eigenvalue weighted by Gasteiger charge is 2.60. The first-order valence-corrected chi connectivity index (χ1v) is 8.08. The van der Waals surface area contributed by atoms with Crippen LogP contribution in [0.1, 0.15) is 26.7 Å². The van der Waals surface area contributed by atoms with Crippen molar-refractivity contribution in [3.05, 3.63) is 24.3 Å². The van der Waals surface area contributed by atoms with Crippen LogP contribution in [0.15, 0.2) is 24.3 Å². The molecule has 3 rings (SSSR count). The van der Waals surface area contributed by atoms with Crippen LogP contribution >= 0.6 is 0 Å². The van der Waals surface area contributed by atoms with Gasteiger partial charge < -0.3 is 10.1 Å². The van der Waals surface area contributed by atoms with Crippen LogP contribution in [0.4, 0.5) is 18.9 Å². The number of hydrogen-bond donors (Lipinski definition) is 1. The van der Waals surface area contributed by atoms with Crippen LogP contribution in [0.5, 0.6) is 5.75 Å². The number of nitrogens with one attached hydrogen (secondary N) is 1. The zero-order valence-electron chi connectivity index (χ0n) is 13.9. The zero-order chi connectivity index (χ0) is 18.4. The van der Waals surface area contributed by atoms with Crippen LogP contribution in [-0.2, 0) is 9.59 Å². The number of nitrogens with zero attached hydrogens (tertiary/aromatic N) is 1. The van der Waals surface area contributed by atoms with E-state index >= 15 is 0 Å². The molecule has 1 aromatic rings. The molecule has 1 fully saturated rings. The molecule has 1 saturated carbocycles. The summed E-state index contributed by atoms with van der Waals surface area (Å²) in [5, 5.41) is 2.11. The Balaban J connectivity index is 1.79. The highest BCUT2D eigenvalue weighted by Crippen LogP contribution is 2.48. The van der Waals surface area contributed by atoms with E-state index in [1.165, 1.54) is 11.8 Å². The van der Waals surface area contributed by atoms with Gasteiger partial charge in [0, 0.05) is 0 Å². The monoisotopic (exact) mass is 356 g/mol. The van der Waals surface area contributed by atoms with Gasteiger partial charge in [-0.05, 0) is 44.7 Å². The second kappa shape index (κ2) is 5.93. The van der Waals surface area contributed by atoms with E-state index in [2.05, 4.69) is 5.32 Å². The van der Waals surface area contributed by atoms with E-state index in [-0.39, 0.29) is 0 Å². The van der Waals surface area contributed by atoms with Crippen LogP contribution in [0.3, 0.4) is 0 Å². The van der Waals surface area contributed by atoms with Crippen molar-refractivity contribution in [2.45, 2.75) is 44.5 Å². The molecular weight excluding hydrogens is 337 g/mol. The van der Waals surface area contributed by atoms with Gasteiger partial charge in [0.15, 0.2) is 6.10 Å². The molecule has 2 unspecified atom stereocenters. The number of alkyl halides is 3. The minimum atomic E-state index is -4.55. The van der Waals surface area contributed by atoms with Gasteiger partial charge in [0.2, 0.25) is 5.91 Å². The van der Waals surface area contributed by atoms with Crippen LogP contribution < -0.4 is 15.0 Å². The molecule has 2 atom stereocenters. The third-order valence-corrected chi connectivity index (χ3v) is 4.76. The van der Waals surface area contributed by atoms with Gasteiger partial charge in [-0.2, -0.15) is 13.2 Å². The Morgan fingerprint density at radius 3 is 2.56 bits per heavy atom. The first-order valence-electron chi connectivity index (χ1n) is 8.08. The second-order valence-electron chi connectivity index (χ2n) is 6.67. The summed E-state index contributed by atoms with van der Waals surface area (Å²) in [6, 6.07) is 6.62. The fourth-order valence-corrected chi connectivity index (χ4v) is 3.06. The Morgan fingerprint density at radius 1 is 1.32 bits per heavy atom. The number of hydrogen-bond acceptors (Lipinski definition) is 3. The Morgan fingerprint density at radius 2 is 1.96 bits per heavy atom. The molecule has 0 bridgehead atoms. The average molecular weight is 356 g/mol. The molecule has 1 aromatic carbocycles. The summed E-state index contributed by atoms with van der Waals surface area (Å²) in [5.74, 6) is -1.51. The van der Waals surface area contributed by atoms with Crippen LogP contribution in [0.25, 0.3) is 0 Å². The molecule has 25 heavy (non-hydrogen) atoms. The minimum Gasteiger partial charge on any atom is -0.479 e. The third kappa shape index (κ3) is 3.17. The molecule has 1 aliphatic heterocycles. The smallest absolute Gasteiger partial charge is 0.411 e. The number of para-hydroxylation sites is 2. The summed E-state index contributed by atoms with van der Waals surface area (Å²) in [5.41, 5.74) is -1.90. The molecule has 136 valence electrons. The molecule has 1 aliphatic carbocycles. The van der Waals surface area contributed by atoms with Crippen molar-refractivity contribution in [1.82, 2.24) is 5.32 Å². The lowest BCUT2D eigenvalue weighted by Gasteiger charge is -2.36. The van der Waals surface area contributed by atoms with E-state index in [9.17, 15) is 22.8 Å². The number of fused-ring (bicyclic) bond motifs is 1. The maximum absolute atomic E-state index is 13.4. The Hall–Kier alpha value is -2.25. The van der Waals surface area contributed by atoms with Crippen molar-refractivity contribution in [2.24, 2.45) is 5.92 Å². The standard InChI is InChI=1S/C17H19F3N2O3/c1-10-15(24)22(12-5-3-4-6-13(12)25-10)9-14(23)21-16(2,11-7-8-11)17(18,19)20/h3-6,10-11H,7-9H2,1-2H3,(H,21,23). The van der Waals surface area contributed by atoms with Gasteiger partial charge in [-0.15, -0.1) is 0 Å². The van der Waals surface area contributed by atoms with Crippen molar-refractivity contribution in [2.75, 3.05) is 11.4 Å². The third-order valence-electron chi connectivity index (χ3n) is 4.76. The van der Waals surface area contributed by atoms with Gasteiger partial charge in [0.05, 0.1) is 5.69 Å². The van der Waals surface area contributed by atoms with Crippen molar-refractivity contribution in [3.8, 4) is 5.75 Å². The summed E-state index contributed by atoms with van der Waals surface area (Å²) in [6.07, 6.45) is -4.51. The van der Waals surface area contributed by atoms with Gasteiger partial charge in [0.1, 0.15) is 17.8 Å². The Kier molecular flexibility index (Phi) is 4.17. The number of carbonyl (C=O) groups excluding carboxylic acids is 2. The number of benzene rings is 1. The fourth-order valence-electron chi connectivity index (χ4n) is 3.06. The lowest BCUT2D eigenvalue weighted by atomic mass is 9.95. The molecule has 1 N–H and O–H groups in total. The van der Waals surface area contributed by atoms with Crippen LogP contribution in [0, 0.1) is 5.92 Å². The van der Waals surface area contributed by atoms with E-state index in [1.807, 2.05) is 0 Å². The van der Waals surface area contributed by atoms with Crippen LogP contribution in [-0.4, -0.2) is 36.2 Å². The minimum absolute atomic E-state index is 0.376. The molecule has 5 nitrogen and oxygen atoms in total. The first kappa shape index (κ1) is 17.6. The molecular formula is C17H19F3N2O3.